The summed E-state index contributed by atoms with van der Waals surface area (Å²) in [5, 5.41) is 5.96. The highest BCUT2D eigenvalue weighted by Crippen LogP contribution is 2.27. The summed E-state index contributed by atoms with van der Waals surface area (Å²) in [7, 11) is 1.58. The molecule has 0 aliphatic carbocycles. The molecule has 0 saturated heterocycles. The van der Waals surface area contributed by atoms with Gasteiger partial charge in [-0.3, -0.25) is 4.79 Å². The first kappa shape index (κ1) is 17.5. The van der Waals surface area contributed by atoms with Gasteiger partial charge in [-0.05, 0) is 47.5 Å². The van der Waals surface area contributed by atoms with Gasteiger partial charge in [0.1, 0.15) is 0 Å². The minimum atomic E-state index is -0.254. The molecule has 0 spiro atoms. The van der Waals surface area contributed by atoms with E-state index in [-0.39, 0.29) is 5.91 Å². The van der Waals surface area contributed by atoms with Crippen molar-refractivity contribution in [3.05, 3.63) is 71.8 Å². The molecule has 0 radical (unpaired) electrons. The Balaban J connectivity index is 1.75. The maximum atomic E-state index is 12.4. The van der Waals surface area contributed by atoms with Crippen LogP contribution in [-0.2, 0) is 0 Å². The lowest BCUT2D eigenvalue weighted by atomic mass is 10.0. The summed E-state index contributed by atoms with van der Waals surface area (Å²) in [5.41, 5.74) is 3.96. The van der Waals surface area contributed by atoms with E-state index in [4.69, 9.17) is 9.47 Å². The van der Waals surface area contributed by atoms with Gasteiger partial charge in [-0.25, -0.2) is 5.43 Å². The minimum Gasteiger partial charge on any atom is -0.493 e. The number of ether oxygens (including phenoxy) is 2. The van der Waals surface area contributed by atoms with Crippen molar-refractivity contribution < 1.29 is 14.3 Å². The second kappa shape index (κ2) is 8.16. The third-order valence-electron chi connectivity index (χ3n) is 3.90. The second-order valence-corrected chi connectivity index (χ2v) is 5.57. The lowest BCUT2D eigenvalue weighted by Crippen LogP contribution is -2.17. The van der Waals surface area contributed by atoms with E-state index in [0.29, 0.717) is 23.7 Å². The fraction of sp³-hybridized carbons (Fsp3) is 0.143. The fourth-order valence-electron chi connectivity index (χ4n) is 2.69. The predicted octanol–water partition coefficient (Wildman–Crippen LogP) is 4.01. The number of hydrazone groups is 1. The van der Waals surface area contributed by atoms with E-state index < -0.39 is 0 Å². The maximum Gasteiger partial charge on any atom is 0.271 e. The number of methoxy groups -OCH3 is 1. The third kappa shape index (κ3) is 3.83. The molecule has 0 aliphatic rings. The molecule has 0 heterocycles. The molecule has 3 aromatic rings. The van der Waals surface area contributed by atoms with Crippen LogP contribution in [0.3, 0.4) is 0 Å². The zero-order valence-electron chi connectivity index (χ0n) is 14.7. The van der Waals surface area contributed by atoms with E-state index in [9.17, 15) is 4.79 Å². The molecular weight excluding hydrogens is 328 g/mol. The Morgan fingerprint density at radius 1 is 1.08 bits per heavy atom. The van der Waals surface area contributed by atoms with Crippen LogP contribution in [0.25, 0.3) is 10.8 Å². The number of carbonyl (C=O) groups excluding carboxylic acids is 1. The molecule has 5 heteroatoms. The molecule has 132 valence electrons. The Morgan fingerprint density at radius 3 is 2.69 bits per heavy atom. The van der Waals surface area contributed by atoms with Crippen LogP contribution < -0.4 is 14.9 Å². The van der Waals surface area contributed by atoms with Crippen LogP contribution in [0.2, 0.25) is 0 Å². The van der Waals surface area contributed by atoms with E-state index in [1.807, 2.05) is 55.5 Å². The quantitative estimate of drug-likeness (QED) is 0.541. The van der Waals surface area contributed by atoms with Gasteiger partial charge in [0.05, 0.1) is 19.9 Å². The molecule has 1 amide bonds. The number of amides is 1. The Hall–Kier alpha value is -3.34. The largest absolute Gasteiger partial charge is 0.493 e. The third-order valence-corrected chi connectivity index (χ3v) is 3.90. The number of carbonyl (C=O) groups is 1. The molecule has 3 aromatic carbocycles. The van der Waals surface area contributed by atoms with Crippen molar-refractivity contribution in [2.24, 2.45) is 5.10 Å². The Kier molecular flexibility index (Phi) is 5.49. The zero-order valence-corrected chi connectivity index (χ0v) is 14.7. The molecule has 3 rings (SSSR count). The van der Waals surface area contributed by atoms with Crippen molar-refractivity contribution in [3.63, 3.8) is 0 Å². The number of hydrogen-bond acceptors (Lipinski definition) is 4. The van der Waals surface area contributed by atoms with Crippen molar-refractivity contribution in [3.8, 4) is 11.5 Å². The highest BCUT2D eigenvalue weighted by molar-refractivity contribution is 6.07. The summed E-state index contributed by atoms with van der Waals surface area (Å²) in [5.74, 6) is 1.04. The van der Waals surface area contributed by atoms with Crippen LogP contribution in [0.5, 0.6) is 11.5 Å². The van der Waals surface area contributed by atoms with E-state index in [0.717, 1.165) is 16.3 Å². The van der Waals surface area contributed by atoms with E-state index >= 15 is 0 Å². The van der Waals surface area contributed by atoms with Crippen LogP contribution in [0.1, 0.15) is 22.8 Å². The van der Waals surface area contributed by atoms with E-state index in [1.54, 1.807) is 25.5 Å². The number of nitrogens with zero attached hydrogens (tertiary/aromatic N) is 1. The molecule has 0 saturated carbocycles. The summed E-state index contributed by atoms with van der Waals surface area (Å²) >= 11 is 0. The van der Waals surface area contributed by atoms with Crippen molar-refractivity contribution >= 4 is 22.9 Å². The van der Waals surface area contributed by atoms with E-state index in [1.165, 1.54) is 0 Å². The number of rotatable bonds is 6. The molecule has 0 bridgehead atoms. The van der Waals surface area contributed by atoms with Crippen LogP contribution in [-0.4, -0.2) is 25.8 Å². The maximum absolute atomic E-state index is 12.4. The predicted molar refractivity (Wildman–Crippen MR) is 103 cm³/mol. The van der Waals surface area contributed by atoms with Gasteiger partial charge >= 0.3 is 0 Å². The van der Waals surface area contributed by atoms with Crippen LogP contribution in [0.15, 0.2) is 65.8 Å². The summed E-state index contributed by atoms with van der Waals surface area (Å²) in [6.07, 6.45) is 1.57. The first-order valence-electron chi connectivity index (χ1n) is 8.35. The number of fused-ring (bicyclic) bond motifs is 1. The molecule has 0 aliphatic heterocycles. The minimum absolute atomic E-state index is 0.254. The Bertz CT molecular complexity index is 946. The molecule has 26 heavy (non-hydrogen) atoms. The van der Waals surface area contributed by atoms with Gasteiger partial charge in [-0.15, -0.1) is 0 Å². The average Bonchev–Trinajstić information content (AvgIpc) is 2.68. The monoisotopic (exact) mass is 348 g/mol. The van der Waals surface area contributed by atoms with Gasteiger partial charge in [-0.2, -0.15) is 5.10 Å². The fourth-order valence-corrected chi connectivity index (χ4v) is 2.69. The summed E-state index contributed by atoms with van der Waals surface area (Å²) in [6, 6.07) is 18.8. The van der Waals surface area contributed by atoms with E-state index in [2.05, 4.69) is 10.5 Å². The van der Waals surface area contributed by atoms with Crippen LogP contribution in [0.4, 0.5) is 0 Å². The van der Waals surface area contributed by atoms with Crippen LogP contribution >= 0.6 is 0 Å². The first-order valence-corrected chi connectivity index (χ1v) is 8.35. The second-order valence-electron chi connectivity index (χ2n) is 5.57. The topological polar surface area (TPSA) is 59.9 Å². The zero-order chi connectivity index (χ0) is 18.4. The van der Waals surface area contributed by atoms with Crippen LogP contribution in [0, 0.1) is 0 Å². The van der Waals surface area contributed by atoms with Gasteiger partial charge in [0.15, 0.2) is 11.5 Å². The highest BCUT2D eigenvalue weighted by Gasteiger charge is 2.08. The number of nitrogens with one attached hydrogen (secondary N) is 1. The lowest BCUT2D eigenvalue weighted by molar-refractivity contribution is 0.0957. The SMILES string of the molecule is CCOc1ccc(/C=N\NC(=O)c2cccc3ccccc23)cc1OC. The lowest BCUT2D eigenvalue weighted by Gasteiger charge is -2.09. The van der Waals surface area contributed by atoms with Gasteiger partial charge in [-0.1, -0.05) is 36.4 Å². The summed E-state index contributed by atoms with van der Waals surface area (Å²) in [6.45, 7) is 2.47. The Labute approximate surface area is 152 Å². The Morgan fingerprint density at radius 2 is 1.88 bits per heavy atom. The van der Waals surface area contributed by atoms with Crippen molar-refractivity contribution in [2.75, 3.05) is 13.7 Å². The van der Waals surface area contributed by atoms with Gasteiger partial charge in [0.25, 0.3) is 5.91 Å². The molecule has 0 atom stereocenters. The van der Waals surface area contributed by atoms with Crippen molar-refractivity contribution in [1.29, 1.82) is 0 Å². The molecule has 0 aromatic heterocycles. The normalized spacial score (nSPS) is 10.8. The average molecular weight is 348 g/mol. The summed E-state index contributed by atoms with van der Waals surface area (Å²) in [4.78, 5) is 12.4. The summed E-state index contributed by atoms with van der Waals surface area (Å²) < 4.78 is 10.8. The van der Waals surface area contributed by atoms with Crippen molar-refractivity contribution in [1.82, 2.24) is 5.43 Å². The molecule has 5 nitrogen and oxygen atoms in total. The molecule has 1 N–H and O–H groups in total. The molecule has 0 unspecified atom stereocenters. The van der Waals surface area contributed by atoms with Gasteiger partial charge in [0.2, 0.25) is 0 Å². The van der Waals surface area contributed by atoms with Gasteiger partial charge in [0, 0.05) is 5.56 Å². The van der Waals surface area contributed by atoms with Crippen molar-refractivity contribution in [2.45, 2.75) is 6.92 Å². The number of hydrogen-bond donors (Lipinski definition) is 1. The van der Waals surface area contributed by atoms with Gasteiger partial charge < -0.3 is 9.47 Å². The highest BCUT2D eigenvalue weighted by atomic mass is 16.5. The molecule has 0 fully saturated rings. The molecular formula is C21H20N2O3. The number of benzene rings is 3. The standard InChI is InChI=1S/C21H20N2O3/c1-3-26-19-12-11-15(13-20(19)25-2)14-22-23-21(24)18-10-6-8-16-7-4-5-9-17(16)18/h4-14H,3H2,1-2H3,(H,23,24)/b22-14-. The smallest absolute Gasteiger partial charge is 0.271 e. The first-order chi connectivity index (χ1) is 12.7.